The normalized spacial score (nSPS) is 10.8. The molecule has 1 aromatic heterocycles. The Morgan fingerprint density at radius 1 is 0.914 bits per heavy atom. The fourth-order valence-electron chi connectivity index (χ4n) is 3.79. The summed E-state index contributed by atoms with van der Waals surface area (Å²) in [4.78, 5) is 17.3. The molecule has 7 heteroatoms. The van der Waals surface area contributed by atoms with Gasteiger partial charge in [-0.3, -0.25) is 10.1 Å². The van der Waals surface area contributed by atoms with Crippen LogP contribution < -0.4 is 10.6 Å². The molecule has 5 rings (SSSR count). The standard InChI is InChI=1S/C28H20ClN3O2S/c1-17-22(27-30-24-16-21(29)14-15-25(24)34-27)8-5-9-23(17)31-28(35)32-26(33)20-12-10-19(11-13-20)18-6-3-2-4-7-18/h2-16H,1H3,(H2,31,32,33,35). The van der Waals surface area contributed by atoms with Crippen molar-refractivity contribution in [3.05, 3.63) is 107 Å². The van der Waals surface area contributed by atoms with Gasteiger partial charge in [-0.25, -0.2) is 4.98 Å². The van der Waals surface area contributed by atoms with Crippen LogP contribution in [0.25, 0.3) is 33.7 Å². The molecule has 1 heterocycles. The van der Waals surface area contributed by atoms with Gasteiger partial charge in [-0.05, 0) is 78.3 Å². The van der Waals surface area contributed by atoms with E-state index in [0.29, 0.717) is 27.6 Å². The SMILES string of the molecule is Cc1c(NC(=S)NC(=O)c2ccc(-c3ccccc3)cc2)cccc1-c1nc2cc(Cl)ccc2o1. The summed E-state index contributed by atoms with van der Waals surface area (Å²) in [6, 6.07) is 28.4. The van der Waals surface area contributed by atoms with Crippen LogP contribution >= 0.6 is 23.8 Å². The first-order valence-electron chi connectivity index (χ1n) is 10.9. The van der Waals surface area contributed by atoms with Crippen molar-refractivity contribution in [1.82, 2.24) is 10.3 Å². The van der Waals surface area contributed by atoms with Crippen molar-refractivity contribution in [1.29, 1.82) is 0 Å². The summed E-state index contributed by atoms with van der Waals surface area (Å²) in [6.45, 7) is 1.94. The number of oxazole rings is 1. The van der Waals surface area contributed by atoms with Gasteiger partial charge in [0, 0.05) is 21.8 Å². The number of hydrogen-bond donors (Lipinski definition) is 2. The van der Waals surface area contributed by atoms with Gasteiger partial charge in [0.15, 0.2) is 10.7 Å². The quantitative estimate of drug-likeness (QED) is 0.256. The third kappa shape index (κ3) is 4.94. The van der Waals surface area contributed by atoms with Crippen LogP contribution in [-0.2, 0) is 0 Å². The summed E-state index contributed by atoms with van der Waals surface area (Å²) in [6.07, 6.45) is 0. The van der Waals surface area contributed by atoms with E-state index in [1.54, 1.807) is 30.3 Å². The Morgan fingerprint density at radius 3 is 2.43 bits per heavy atom. The van der Waals surface area contributed by atoms with Crippen molar-refractivity contribution in [3.63, 3.8) is 0 Å². The van der Waals surface area contributed by atoms with E-state index in [-0.39, 0.29) is 11.0 Å². The summed E-state index contributed by atoms with van der Waals surface area (Å²) < 4.78 is 5.91. The number of amides is 1. The Morgan fingerprint density at radius 2 is 1.66 bits per heavy atom. The first-order valence-corrected chi connectivity index (χ1v) is 11.7. The number of hydrogen-bond acceptors (Lipinski definition) is 4. The molecule has 1 amide bonds. The fraction of sp³-hybridized carbons (Fsp3) is 0.0357. The molecule has 172 valence electrons. The van der Waals surface area contributed by atoms with Gasteiger partial charge >= 0.3 is 0 Å². The second kappa shape index (κ2) is 9.70. The van der Waals surface area contributed by atoms with Crippen LogP contribution in [0.15, 0.2) is 95.4 Å². The van der Waals surface area contributed by atoms with Crippen molar-refractivity contribution < 1.29 is 9.21 Å². The molecule has 5 aromatic rings. The molecule has 0 spiro atoms. The van der Waals surface area contributed by atoms with Gasteiger partial charge in [-0.15, -0.1) is 0 Å². The highest BCUT2D eigenvalue weighted by atomic mass is 35.5. The Bertz CT molecular complexity index is 1550. The predicted molar refractivity (Wildman–Crippen MR) is 145 cm³/mol. The lowest BCUT2D eigenvalue weighted by atomic mass is 10.0. The molecule has 4 aromatic carbocycles. The number of carbonyl (C=O) groups excluding carboxylic acids is 1. The van der Waals surface area contributed by atoms with Gasteiger partial charge in [0.05, 0.1) is 0 Å². The van der Waals surface area contributed by atoms with Crippen LogP contribution in [0.3, 0.4) is 0 Å². The molecule has 0 bridgehead atoms. The summed E-state index contributed by atoms with van der Waals surface area (Å²) >= 11 is 11.5. The highest BCUT2D eigenvalue weighted by molar-refractivity contribution is 7.80. The number of carbonyl (C=O) groups is 1. The van der Waals surface area contributed by atoms with E-state index in [9.17, 15) is 4.79 Å². The van der Waals surface area contributed by atoms with Gasteiger partial charge in [-0.2, -0.15) is 0 Å². The van der Waals surface area contributed by atoms with E-state index >= 15 is 0 Å². The molecule has 0 aliphatic heterocycles. The van der Waals surface area contributed by atoms with Gasteiger partial charge in [0.25, 0.3) is 5.91 Å². The van der Waals surface area contributed by atoms with E-state index in [4.69, 9.17) is 28.2 Å². The van der Waals surface area contributed by atoms with Gasteiger partial charge in [0.1, 0.15) is 5.52 Å². The third-order valence-corrected chi connectivity index (χ3v) is 6.08. The number of nitrogens with zero attached hydrogens (tertiary/aromatic N) is 1. The molecule has 0 radical (unpaired) electrons. The summed E-state index contributed by atoms with van der Waals surface area (Å²) in [5, 5.41) is 6.65. The maximum Gasteiger partial charge on any atom is 0.257 e. The molecule has 0 aliphatic carbocycles. The molecule has 0 aliphatic rings. The number of aromatic nitrogens is 1. The van der Waals surface area contributed by atoms with Gasteiger partial charge in [-0.1, -0.05) is 60.1 Å². The Kier molecular flexibility index (Phi) is 6.31. The Labute approximate surface area is 212 Å². The van der Waals surface area contributed by atoms with Crippen LogP contribution in [-0.4, -0.2) is 16.0 Å². The monoisotopic (exact) mass is 497 g/mol. The second-order valence-corrected chi connectivity index (χ2v) is 8.81. The predicted octanol–water partition coefficient (Wildman–Crippen LogP) is 7.25. The summed E-state index contributed by atoms with van der Waals surface area (Å²) in [5.74, 6) is 0.198. The molecule has 5 nitrogen and oxygen atoms in total. The first-order chi connectivity index (χ1) is 17.0. The van der Waals surface area contributed by atoms with Crippen molar-refractivity contribution in [2.45, 2.75) is 6.92 Å². The number of nitrogens with one attached hydrogen (secondary N) is 2. The van der Waals surface area contributed by atoms with Crippen molar-refractivity contribution in [2.75, 3.05) is 5.32 Å². The van der Waals surface area contributed by atoms with Crippen molar-refractivity contribution >= 4 is 51.6 Å². The average molecular weight is 498 g/mol. The van der Waals surface area contributed by atoms with E-state index < -0.39 is 0 Å². The van der Waals surface area contributed by atoms with E-state index in [1.165, 1.54) is 0 Å². The molecule has 35 heavy (non-hydrogen) atoms. The second-order valence-electron chi connectivity index (χ2n) is 7.96. The summed E-state index contributed by atoms with van der Waals surface area (Å²) in [7, 11) is 0. The summed E-state index contributed by atoms with van der Waals surface area (Å²) in [5.41, 5.74) is 6.43. The lowest BCUT2D eigenvalue weighted by molar-refractivity contribution is 0.0977. The maximum absolute atomic E-state index is 12.7. The zero-order valence-corrected chi connectivity index (χ0v) is 20.3. The Hall–Kier alpha value is -4.00. The van der Waals surface area contributed by atoms with E-state index in [2.05, 4.69) is 15.6 Å². The number of rotatable bonds is 4. The Balaban J connectivity index is 1.29. The van der Waals surface area contributed by atoms with Crippen LogP contribution in [0.5, 0.6) is 0 Å². The van der Waals surface area contributed by atoms with Crippen LogP contribution in [0.1, 0.15) is 15.9 Å². The van der Waals surface area contributed by atoms with Crippen LogP contribution in [0.2, 0.25) is 5.02 Å². The van der Waals surface area contributed by atoms with Crippen LogP contribution in [0.4, 0.5) is 5.69 Å². The molecule has 0 fully saturated rings. The molecule has 0 saturated carbocycles. The number of fused-ring (bicyclic) bond motifs is 1. The lowest BCUT2D eigenvalue weighted by Crippen LogP contribution is -2.34. The minimum Gasteiger partial charge on any atom is -0.436 e. The average Bonchev–Trinajstić information content (AvgIpc) is 3.29. The van der Waals surface area contributed by atoms with Crippen molar-refractivity contribution in [2.24, 2.45) is 0 Å². The maximum atomic E-state index is 12.7. The smallest absolute Gasteiger partial charge is 0.257 e. The molecule has 0 saturated heterocycles. The first kappa shape index (κ1) is 22.8. The van der Waals surface area contributed by atoms with Gasteiger partial charge in [0.2, 0.25) is 5.89 Å². The topological polar surface area (TPSA) is 67.2 Å². The van der Waals surface area contributed by atoms with Gasteiger partial charge < -0.3 is 9.73 Å². The third-order valence-electron chi connectivity index (χ3n) is 5.64. The molecular formula is C28H20ClN3O2S. The molecule has 0 unspecified atom stereocenters. The highest BCUT2D eigenvalue weighted by Gasteiger charge is 2.15. The number of thiocarbonyl (C=S) groups is 1. The molecule has 0 atom stereocenters. The minimum atomic E-state index is -0.285. The van der Waals surface area contributed by atoms with E-state index in [0.717, 1.165) is 27.9 Å². The van der Waals surface area contributed by atoms with Crippen LogP contribution in [0, 0.1) is 6.92 Å². The molecule has 2 N–H and O–H groups in total. The van der Waals surface area contributed by atoms with E-state index in [1.807, 2.05) is 67.6 Å². The zero-order valence-electron chi connectivity index (χ0n) is 18.7. The number of halogens is 1. The highest BCUT2D eigenvalue weighted by Crippen LogP contribution is 2.31. The number of benzene rings is 4. The zero-order chi connectivity index (χ0) is 24.4. The lowest BCUT2D eigenvalue weighted by Gasteiger charge is -2.13. The minimum absolute atomic E-state index is 0.201. The fourth-order valence-corrected chi connectivity index (χ4v) is 4.16. The van der Waals surface area contributed by atoms with Crippen molar-refractivity contribution in [3.8, 4) is 22.6 Å². The molecular weight excluding hydrogens is 478 g/mol. The largest absolute Gasteiger partial charge is 0.436 e. The number of anilines is 1.